The summed E-state index contributed by atoms with van der Waals surface area (Å²) in [5, 5.41) is 0.755. The molecule has 0 aromatic heterocycles. The smallest absolute Gasteiger partial charge is 0.337 e. The molecule has 0 spiro atoms. The molecule has 2 heterocycles. The van der Waals surface area contributed by atoms with E-state index in [9.17, 15) is 9.59 Å². The molecule has 6 nitrogen and oxygen atoms in total. The van der Waals surface area contributed by atoms with Crippen molar-refractivity contribution in [2.75, 3.05) is 20.4 Å². The Morgan fingerprint density at radius 3 is 2.69 bits per heavy atom. The average molecular weight is 490 g/mol. The normalized spacial score (nSPS) is 15.9. The number of nitrogens with zero attached hydrogens (tertiary/aromatic N) is 1. The van der Waals surface area contributed by atoms with Crippen molar-refractivity contribution >= 4 is 29.4 Å². The van der Waals surface area contributed by atoms with Gasteiger partial charge in [-0.05, 0) is 60.4 Å². The van der Waals surface area contributed by atoms with Crippen LogP contribution in [0.25, 0.3) is 6.08 Å². The van der Waals surface area contributed by atoms with E-state index >= 15 is 0 Å². The number of carbonyl (C=O) groups is 2. The molecule has 0 unspecified atom stereocenters. The Bertz CT molecular complexity index is 1350. The van der Waals surface area contributed by atoms with Crippen molar-refractivity contribution in [3.05, 3.63) is 98.8 Å². The number of hydrogen-bond donors (Lipinski definition) is 0. The summed E-state index contributed by atoms with van der Waals surface area (Å²) in [5.41, 5.74) is 4.53. The maximum atomic E-state index is 13.2. The molecule has 0 saturated heterocycles. The summed E-state index contributed by atoms with van der Waals surface area (Å²) in [6.45, 7) is 3.71. The average Bonchev–Trinajstić information content (AvgIpc) is 3.20. The fourth-order valence-electron chi connectivity index (χ4n) is 4.38. The number of allylic oxidation sites excluding steroid dienone is 1. The van der Waals surface area contributed by atoms with Gasteiger partial charge in [-0.3, -0.25) is 9.69 Å². The zero-order chi connectivity index (χ0) is 24.5. The number of carbonyl (C=O) groups excluding carboxylic acids is 2. The SMILES string of the molecule is COC(=O)c1ccc(/C=C2\Oc3c4c(cc(C)c3C2=O)OCN(CCc2ccccc2Cl)C4)cc1. The van der Waals surface area contributed by atoms with Gasteiger partial charge >= 0.3 is 5.97 Å². The van der Waals surface area contributed by atoms with Crippen LogP contribution in [0.3, 0.4) is 0 Å². The number of ether oxygens (including phenoxy) is 3. The maximum Gasteiger partial charge on any atom is 0.337 e. The second-order valence-corrected chi connectivity index (χ2v) is 9.00. The molecule has 178 valence electrons. The molecular formula is C28H24ClNO5. The molecule has 0 radical (unpaired) electrons. The van der Waals surface area contributed by atoms with Crippen molar-refractivity contribution in [2.24, 2.45) is 0 Å². The Morgan fingerprint density at radius 1 is 1.17 bits per heavy atom. The van der Waals surface area contributed by atoms with Gasteiger partial charge in [0.2, 0.25) is 5.78 Å². The first-order valence-corrected chi connectivity index (χ1v) is 11.7. The van der Waals surface area contributed by atoms with E-state index in [4.69, 9.17) is 25.8 Å². The minimum Gasteiger partial charge on any atom is -0.478 e. The van der Waals surface area contributed by atoms with Crippen LogP contribution in [0, 0.1) is 6.92 Å². The van der Waals surface area contributed by atoms with Crippen LogP contribution in [0.4, 0.5) is 0 Å². The van der Waals surface area contributed by atoms with E-state index in [1.165, 1.54) is 7.11 Å². The number of methoxy groups -OCH3 is 1. The third-order valence-electron chi connectivity index (χ3n) is 6.27. The molecule has 0 fully saturated rings. The van der Waals surface area contributed by atoms with Crippen molar-refractivity contribution in [1.29, 1.82) is 0 Å². The number of hydrogen-bond acceptors (Lipinski definition) is 6. The van der Waals surface area contributed by atoms with Crippen LogP contribution in [0.5, 0.6) is 11.5 Å². The zero-order valence-electron chi connectivity index (χ0n) is 19.5. The summed E-state index contributed by atoms with van der Waals surface area (Å²) in [7, 11) is 1.34. The van der Waals surface area contributed by atoms with E-state index in [0.29, 0.717) is 30.2 Å². The number of ketones is 1. The van der Waals surface area contributed by atoms with Crippen LogP contribution in [-0.4, -0.2) is 37.0 Å². The highest BCUT2D eigenvalue weighted by atomic mass is 35.5. The van der Waals surface area contributed by atoms with E-state index < -0.39 is 5.97 Å². The van der Waals surface area contributed by atoms with Crippen molar-refractivity contribution in [2.45, 2.75) is 19.9 Å². The minimum absolute atomic E-state index is 0.162. The molecule has 2 aliphatic heterocycles. The molecule has 0 N–H and O–H groups in total. The molecule has 3 aromatic carbocycles. The zero-order valence-corrected chi connectivity index (χ0v) is 20.2. The molecule has 35 heavy (non-hydrogen) atoms. The first-order chi connectivity index (χ1) is 16.9. The number of aryl methyl sites for hydroxylation is 1. The van der Waals surface area contributed by atoms with Gasteiger partial charge in [-0.2, -0.15) is 0 Å². The monoisotopic (exact) mass is 489 g/mol. The van der Waals surface area contributed by atoms with Crippen LogP contribution < -0.4 is 9.47 Å². The summed E-state index contributed by atoms with van der Waals surface area (Å²) < 4.78 is 16.9. The quantitative estimate of drug-likeness (QED) is 0.351. The second-order valence-electron chi connectivity index (χ2n) is 8.60. The van der Waals surface area contributed by atoms with Gasteiger partial charge in [-0.15, -0.1) is 0 Å². The predicted molar refractivity (Wildman–Crippen MR) is 133 cm³/mol. The number of fused-ring (bicyclic) bond motifs is 3. The Balaban J connectivity index is 1.38. The van der Waals surface area contributed by atoms with Gasteiger partial charge in [0.15, 0.2) is 5.76 Å². The Labute approximate surface area is 208 Å². The van der Waals surface area contributed by atoms with E-state index in [2.05, 4.69) is 4.90 Å². The molecular weight excluding hydrogens is 466 g/mol. The van der Waals surface area contributed by atoms with Gasteiger partial charge in [0.25, 0.3) is 0 Å². The van der Waals surface area contributed by atoms with Gasteiger partial charge in [0.05, 0.1) is 23.8 Å². The summed E-state index contributed by atoms with van der Waals surface area (Å²) in [6, 6.07) is 16.5. The van der Waals surface area contributed by atoms with E-state index in [1.54, 1.807) is 30.3 Å². The Kier molecular flexibility index (Phi) is 6.32. The van der Waals surface area contributed by atoms with E-state index in [-0.39, 0.29) is 11.5 Å². The summed E-state index contributed by atoms with van der Waals surface area (Å²) in [4.78, 5) is 27.1. The van der Waals surface area contributed by atoms with Crippen LogP contribution in [0.2, 0.25) is 5.02 Å². The minimum atomic E-state index is -0.411. The standard InChI is InChI=1S/C28H24ClNO5/c1-17-13-23-21(15-30(16-34-23)12-11-19-5-3-4-6-22(19)29)27-25(17)26(31)24(35-27)14-18-7-9-20(10-8-18)28(32)33-2/h3-10,13-14H,11-12,15-16H2,1-2H3/b24-14-. The largest absolute Gasteiger partial charge is 0.478 e. The Morgan fingerprint density at radius 2 is 1.94 bits per heavy atom. The van der Waals surface area contributed by atoms with Crippen molar-refractivity contribution in [3.63, 3.8) is 0 Å². The van der Waals surface area contributed by atoms with Gasteiger partial charge < -0.3 is 14.2 Å². The first-order valence-electron chi connectivity index (χ1n) is 11.3. The van der Waals surface area contributed by atoms with Crippen molar-refractivity contribution < 1.29 is 23.8 Å². The lowest BCUT2D eigenvalue weighted by Gasteiger charge is -2.30. The molecule has 7 heteroatoms. The highest BCUT2D eigenvalue weighted by Gasteiger charge is 2.35. The lowest BCUT2D eigenvalue weighted by atomic mass is 9.98. The lowest BCUT2D eigenvalue weighted by molar-refractivity contribution is 0.0600. The molecule has 0 bridgehead atoms. The molecule has 5 rings (SSSR count). The van der Waals surface area contributed by atoms with E-state index in [1.807, 2.05) is 37.3 Å². The molecule has 0 atom stereocenters. The number of rotatable bonds is 5. The molecule has 0 amide bonds. The number of esters is 1. The third kappa shape index (κ3) is 4.55. The number of Topliss-reactive ketones (excluding diaryl/α,β-unsaturated/α-hetero) is 1. The van der Waals surface area contributed by atoms with Crippen LogP contribution >= 0.6 is 11.6 Å². The fourth-order valence-corrected chi connectivity index (χ4v) is 4.61. The molecule has 0 saturated carbocycles. The third-order valence-corrected chi connectivity index (χ3v) is 6.64. The molecule has 3 aromatic rings. The topological polar surface area (TPSA) is 65.1 Å². The fraction of sp³-hybridized carbons (Fsp3) is 0.214. The summed E-state index contributed by atoms with van der Waals surface area (Å²) >= 11 is 6.31. The number of benzene rings is 3. The lowest BCUT2D eigenvalue weighted by Crippen LogP contribution is -2.34. The van der Waals surface area contributed by atoms with Crippen molar-refractivity contribution in [3.8, 4) is 11.5 Å². The van der Waals surface area contributed by atoms with Crippen LogP contribution in [-0.2, 0) is 17.7 Å². The van der Waals surface area contributed by atoms with Crippen LogP contribution in [0.15, 0.2) is 60.4 Å². The first kappa shape index (κ1) is 23.1. The summed E-state index contributed by atoms with van der Waals surface area (Å²) in [6.07, 6.45) is 2.48. The highest BCUT2D eigenvalue weighted by Crippen LogP contribution is 2.44. The molecule has 2 aliphatic rings. The van der Waals surface area contributed by atoms with Gasteiger partial charge in [0, 0.05) is 18.1 Å². The maximum absolute atomic E-state index is 13.2. The molecule has 0 aliphatic carbocycles. The van der Waals surface area contributed by atoms with Gasteiger partial charge in [0.1, 0.15) is 18.2 Å². The van der Waals surface area contributed by atoms with Gasteiger partial charge in [-0.25, -0.2) is 4.79 Å². The van der Waals surface area contributed by atoms with Crippen LogP contribution in [0.1, 0.15) is 43.0 Å². The van der Waals surface area contributed by atoms with Gasteiger partial charge in [-0.1, -0.05) is 41.9 Å². The second kappa shape index (κ2) is 9.56. The Hall–Kier alpha value is -3.61. The van der Waals surface area contributed by atoms with Crippen molar-refractivity contribution in [1.82, 2.24) is 4.90 Å². The number of halogens is 1. The van der Waals surface area contributed by atoms with E-state index in [0.717, 1.165) is 46.0 Å². The predicted octanol–water partition coefficient (Wildman–Crippen LogP) is 5.45. The highest BCUT2D eigenvalue weighted by molar-refractivity contribution is 6.31. The summed E-state index contributed by atoms with van der Waals surface area (Å²) in [5.74, 6) is 0.976.